The summed E-state index contributed by atoms with van der Waals surface area (Å²) in [5, 5.41) is 16.4. The zero-order chi connectivity index (χ0) is 49.1. The maximum Gasteiger partial charge on any atom is 0.509 e. The van der Waals surface area contributed by atoms with E-state index >= 15 is 0 Å². The molecule has 374 valence electrons. The molecule has 0 aliphatic carbocycles. The monoisotopic (exact) mass is 954 g/mol. The van der Waals surface area contributed by atoms with Crippen molar-refractivity contribution in [2.75, 3.05) is 28.3 Å². The molecular formula is C48H75ClN2O15. The van der Waals surface area contributed by atoms with Crippen LogP contribution in [0.25, 0.3) is 0 Å². The van der Waals surface area contributed by atoms with Crippen molar-refractivity contribution >= 4 is 35.4 Å². The number of ether oxygens (including phenoxy) is 10. The molecule has 4 fully saturated rings. The number of benzene rings is 1. The highest BCUT2D eigenvalue weighted by Gasteiger charge is 2.59. The van der Waals surface area contributed by atoms with Crippen molar-refractivity contribution in [3.63, 3.8) is 0 Å². The molecule has 1 N–H and O–H groups in total. The number of halogens is 1. The van der Waals surface area contributed by atoms with E-state index in [1.165, 1.54) is 14.0 Å². The third-order valence-corrected chi connectivity index (χ3v) is 14.8. The Labute approximate surface area is 395 Å². The second kappa shape index (κ2) is 22.1. The third kappa shape index (κ3) is 11.6. The number of rotatable bonds is 12. The molecular weight excluding hydrogens is 880 g/mol. The number of likely N-dealkylation sites (N-methyl/N-ethyl adjacent to an activating group) is 1. The molecule has 17 nitrogen and oxygen atoms in total. The Morgan fingerprint density at radius 2 is 1.59 bits per heavy atom. The zero-order valence-electron chi connectivity index (χ0n) is 41.4. The fraction of sp³-hybridized carbons (Fsp3) is 0.792. The van der Waals surface area contributed by atoms with Crippen molar-refractivity contribution in [1.29, 1.82) is 0 Å². The summed E-state index contributed by atoms with van der Waals surface area (Å²) >= 11 is 6.51. The van der Waals surface area contributed by atoms with Crippen molar-refractivity contribution in [3.8, 4) is 0 Å². The fourth-order valence-electron chi connectivity index (χ4n) is 10.5. The maximum absolute atomic E-state index is 14.8. The van der Waals surface area contributed by atoms with Gasteiger partial charge in [0.25, 0.3) is 0 Å². The largest absolute Gasteiger partial charge is 0.509 e. The smallest absolute Gasteiger partial charge is 0.458 e. The predicted octanol–water partition coefficient (Wildman–Crippen LogP) is 6.85. The number of aliphatic hydroxyl groups is 1. The van der Waals surface area contributed by atoms with Crippen LogP contribution in [0.4, 0.5) is 4.79 Å². The number of cyclic esters (lactones) is 1. The van der Waals surface area contributed by atoms with Gasteiger partial charge in [-0.1, -0.05) is 62.7 Å². The fourth-order valence-corrected chi connectivity index (χ4v) is 10.7. The molecule has 1 aromatic carbocycles. The first kappa shape index (κ1) is 53.8. The molecule has 0 radical (unpaired) electrons. The number of aliphatic hydroxyl groups excluding tert-OH is 1. The molecule has 0 unspecified atom stereocenters. The highest BCUT2D eigenvalue weighted by atomic mass is 35.5. The van der Waals surface area contributed by atoms with Gasteiger partial charge in [0.1, 0.15) is 18.8 Å². The molecule has 66 heavy (non-hydrogen) atoms. The lowest BCUT2D eigenvalue weighted by atomic mass is 9.73. The Balaban J connectivity index is 1.70. The third-order valence-electron chi connectivity index (χ3n) is 14.4. The van der Waals surface area contributed by atoms with E-state index in [1.807, 2.05) is 78.7 Å². The van der Waals surface area contributed by atoms with Gasteiger partial charge in [-0.2, -0.15) is 0 Å². The van der Waals surface area contributed by atoms with Crippen LogP contribution in [0.5, 0.6) is 0 Å². The zero-order valence-corrected chi connectivity index (χ0v) is 42.2. The molecule has 4 heterocycles. The van der Waals surface area contributed by atoms with E-state index in [0.29, 0.717) is 22.7 Å². The number of carbonyl (C=O) groups is 3. The number of hydrogen-bond donors (Lipinski definition) is 1. The number of oxime groups is 1. The Morgan fingerprint density at radius 1 is 0.924 bits per heavy atom. The first-order valence-electron chi connectivity index (χ1n) is 23.2. The number of carbonyl (C=O) groups excluding carboxylic acids is 3. The molecule has 4 aliphatic rings. The quantitative estimate of drug-likeness (QED) is 0.130. The number of fused-ring (bicyclic) bond motifs is 1. The molecule has 5 rings (SSSR count). The van der Waals surface area contributed by atoms with Crippen LogP contribution in [0, 0.1) is 23.7 Å². The molecule has 0 spiro atoms. The highest BCUT2D eigenvalue weighted by molar-refractivity contribution is 6.31. The maximum atomic E-state index is 14.8. The van der Waals surface area contributed by atoms with E-state index in [4.69, 9.17) is 69.0 Å². The normalized spacial score (nSPS) is 42.2. The van der Waals surface area contributed by atoms with Crippen molar-refractivity contribution in [1.82, 2.24) is 4.90 Å². The summed E-state index contributed by atoms with van der Waals surface area (Å²) in [6.07, 6.45) is -8.68. The van der Waals surface area contributed by atoms with Gasteiger partial charge in [0.15, 0.2) is 30.4 Å². The summed E-state index contributed by atoms with van der Waals surface area (Å²) in [5.41, 5.74) is -2.57. The summed E-state index contributed by atoms with van der Waals surface area (Å²) < 4.78 is 63.8. The lowest BCUT2D eigenvalue weighted by Gasteiger charge is -2.50. The SMILES string of the molecule is CC[C@H]1OC(=O)[C@H](C)[C@@H](O[C@H]2C[C@@](C)(OC)[C@@H](O)[C@H](C)O2)[C@H](C)[C@@H](O[C@@H]2O[C@H](C)C[C@H](N(C)C)[C@H]2OC(C)=O)[C@](C)(OC)C[C@@H](C)/C(=N\OCc2ccccc2Cl)[C@H](C)[C@H]2OC(=O)O[C@@]21C. The molecule has 18 atom stereocenters. The summed E-state index contributed by atoms with van der Waals surface area (Å²) in [4.78, 5) is 48.9. The second-order valence-corrected chi connectivity index (χ2v) is 20.0. The van der Waals surface area contributed by atoms with E-state index < -0.39 is 114 Å². The summed E-state index contributed by atoms with van der Waals surface area (Å²) in [7, 11) is 6.91. The van der Waals surface area contributed by atoms with Gasteiger partial charge in [-0.25, -0.2) is 4.79 Å². The summed E-state index contributed by atoms with van der Waals surface area (Å²) in [5.74, 6) is -4.05. The van der Waals surface area contributed by atoms with E-state index in [9.17, 15) is 19.5 Å². The van der Waals surface area contributed by atoms with Gasteiger partial charge in [-0.3, -0.25) is 9.59 Å². The van der Waals surface area contributed by atoms with Gasteiger partial charge in [0, 0.05) is 55.9 Å². The highest BCUT2D eigenvalue weighted by Crippen LogP contribution is 2.44. The Bertz CT molecular complexity index is 1860. The van der Waals surface area contributed by atoms with Crippen LogP contribution in [-0.4, -0.2) is 146 Å². The van der Waals surface area contributed by atoms with Gasteiger partial charge < -0.3 is 62.2 Å². The van der Waals surface area contributed by atoms with Crippen LogP contribution < -0.4 is 0 Å². The lowest BCUT2D eigenvalue weighted by molar-refractivity contribution is -0.320. The Morgan fingerprint density at radius 3 is 2.20 bits per heavy atom. The van der Waals surface area contributed by atoms with Gasteiger partial charge in [0.05, 0.1) is 53.3 Å². The van der Waals surface area contributed by atoms with Crippen molar-refractivity contribution in [2.45, 2.75) is 193 Å². The molecule has 0 bridgehead atoms. The molecule has 0 aromatic heterocycles. The Hall–Kier alpha value is -3.13. The number of hydrogen-bond acceptors (Lipinski definition) is 17. The average Bonchev–Trinajstić information content (AvgIpc) is 3.58. The summed E-state index contributed by atoms with van der Waals surface area (Å²) in [6.45, 7) is 19.7. The minimum Gasteiger partial charge on any atom is -0.458 e. The Kier molecular flexibility index (Phi) is 18.0. The average molecular weight is 956 g/mol. The van der Waals surface area contributed by atoms with Gasteiger partial charge >= 0.3 is 18.1 Å². The lowest BCUT2D eigenvalue weighted by Crippen LogP contribution is -2.62. The first-order chi connectivity index (χ1) is 30.9. The van der Waals surface area contributed by atoms with Crippen molar-refractivity contribution in [2.24, 2.45) is 28.8 Å². The molecule has 0 saturated carbocycles. The van der Waals surface area contributed by atoms with Crippen molar-refractivity contribution in [3.05, 3.63) is 34.9 Å². The van der Waals surface area contributed by atoms with Crippen LogP contribution in [0.15, 0.2) is 29.4 Å². The molecule has 0 amide bonds. The summed E-state index contributed by atoms with van der Waals surface area (Å²) in [6, 6.07) is 6.99. The molecule has 4 aliphatic heterocycles. The molecule has 1 aromatic rings. The van der Waals surface area contributed by atoms with Crippen LogP contribution in [0.1, 0.15) is 107 Å². The van der Waals surface area contributed by atoms with E-state index in [0.717, 1.165) is 0 Å². The number of methoxy groups -OCH3 is 2. The van der Waals surface area contributed by atoms with Crippen LogP contribution >= 0.6 is 11.6 Å². The number of nitrogens with zero attached hydrogens (tertiary/aromatic N) is 2. The second-order valence-electron chi connectivity index (χ2n) is 19.6. The van der Waals surface area contributed by atoms with Gasteiger partial charge in [-0.15, -0.1) is 0 Å². The van der Waals surface area contributed by atoms with E-state index in [1.54, 1.807) is 40.9 Å². The number of esters is 2. The van der Waals surface area contributed by atoms with Crippen LogP contribution in [0.3, 0.4) is 0 Å². The van der Waals surface area contributed by atoms with Crippen LogP contribution in [-0.2, 0) is 68.4 Å². The van der Waals surface area contributed by atoms with Crippen LogP contribution in [0.2, 0.25) is 5.02 Å². The standard InChI is InChI=1S/C48H75ClN2O15/c1-16-35-48(11)42(65-45(55)66-48)27(4)37(50-58-24-32-19-17-18-20-33(32)49)25(2)22-47(10,57-15)41(64-44-39(61-31(8)52)34(51(12)13)21-26(3)59-44)28(5)38(29(6)43(54)62-35)63-36-23-46(9,56-14)40(53)30(7)60-36/h17-20,25-30,34-36,38-42,44,53H,16,21-24H2,1-15H3/b50-37+/t25-,26-,27+,28+,29-,30+,34+,35-,36+,38+,39-,40+,41-,42-,44+,46-,47-,48-/m1/s1. The molecule has 4 saturated heterocycles. The molecule has 18 heteroatoms. The first-order valence-corrected chi connectivity index (χ1v) is 23.6. The predicted molar refractivity (Wildman–Crippen MR) is 242 cm³/mol. The minimum absolute atomic E-state index is 0.0417. The van der Waals surface area contributed by atoms with E-state index in [2.05, 4.69) is 0 Å². The van der Waals surface area contributed by atoms with Crippen molar-refractivity contribution < 1.29 is 71.7 Å². The minimum atomic E-state index is -1.46. The topological polar surface area (TPSA) is 189 Å². The van der Waals surface area contributed by atoms with E-state index in [-0.39, 0.29) is 38.0 Å². The van der Waals surface area contributed by atoms with Gasteiger partial charge in [0.2, 0.25) is 0 Å². The van der Waals surface area contributed by atoms with Gasteiger partial charge in [-0.05, 0) is 81.0 Å².